The first-order valence-electron chi connectivity index (χ1n) is 3.99. The minimum Gasteiger partial charge on any atom is -0.250 e. The van der Waals surface area contributed by atoms with Gasteiger partial charge >= 0.3 is 0 Å². The Morgan fingerprint density at radius 3 is 2.73 bits per heavy atom. The summed E-state index contributed by atoms with van der Waals surface area (Å²) in [6, 6.07) is 3.15. The monoisotopic (exact) mass is 294 g/mol. The minimum absolute atomic E-state index is 0.0101. The maximum atomic E-state index is 12.4. The molecule has 6 heteroatoms. The van der Waals surface area contributed by atoms with E-state index >= 15 is 0 Å². The highest BCUT2D eigenvalue weighted by Gasteiger charge is 2.15. The Kier molecular flexibility index (Phi) is 4.43. The van der Waals surface area contributed by atoms with Gasteiger partial charge in [-0.25, -0.2) is 8.78 Å². The molecule has 1 aromatic heterocycles. The van der Waals surface area contributed by atoms with Crippen LogP contribution in [0.1, 0.15) is 23.4 Å². The lowest BCUT2D eigenvalue weighted by Crippen LogP contribution is -2.01. The van der Waals surface area contributed by atoms with Gasteiger partial charge in [0.1, 0.15) is 5.69 Å². The summed E-state index contributed by atoms with van der Waals surface area (Å²) in [4.78, 5) is 3.71. The van der Waals surface area contributed by atoms with E-state index in [0.717, 1.165) is 0 Å². The molecule has 0 aromatic carbocycles. The van der Waals surface area contributed by atoms with Gasteiger partial charge in [-0.3, -0.25) is 4.98 Å². The van der Waals surface area contributed by atoms with Crippen molar-refractivity contribution in [2.45, 2.75) is 18.7 Å². The molecule has 1 aromatic rings. The van der Waals surface area contributed by atoms with Gasteiger partial charge in [0.2, 0.25) is 0 Å². The van der Waals surface area contributed by atoms with Crippen LogP contribution in [0.25, 0.3) is 0 Å². The van der Waals surface area contributed by atoms with Crippen molar-refractivity contribution in [2.24, 2.45) is 0 Å². The molecule has 0 amide bonds. The maximum Gasteiger partial charge on any atom is 0.280 e. The molecule has 1 rings (SSSR count). The fraction of sp³-hybridized carbons (Fsp3) is 0.333. The topological polar surface area (TPSA) is 36.7 Å². The number of halogens is 4. The summed E-state index contributed by atoms with van der Waals surface area (Å²) in [5, 5.41) is 8.55. The lowest BCUT2D eigenvalue weighted by molar-refractivity contribution is 0.145. The number of pyridine rings is 1. The molecule has 0 saturated heterocycles. The number of hydrogen-bond acceptors (Lipinski definition) is 2. The van der Waals surface area contributed by atoms with Crippen LogP contribution in [-0.4, -0.2) is 4.98 Å². The number of hydrogen-bond donors (Lipinski definition) is 0. The lowest BCUT2D eigenvalue weighted by atomic mass is 10.1. The van der Waals surface area contributed by atoms with Crippen molar-refractivity contribution >= 4 is 27.5 Å². The van der Waals surface area contributed by atoms with Crippen LogP contribution in [0.5, 0.6) is 0 Å². The first-order chi connectivity index (χ1) is 7.10. The zero-order chi connectivity index (χ0) is 11.4. The first kappa shape index (κ1) is 12.3. The van der Waals surface area contributed by atoms with Gasteiger partial charge in [0.05, 0.1) is 24.1 Å². The highest BCUT2D eigenvalue weighted by molar-refractivity contribution is 9.10. The molecule has 0 spiro atoms. The van der Waals surface area contributed by atoms with Gasteiger partial charge in [0.15, 0.2) is 0 Å². The predicted molar refractivity (Wildman–Crippen MR) is 55.8 cm³/mol. The summed E-state index contributed by atoms with van der Waals surface area (Å²) < 4.78 is 25.2. The quantitative estimate of drug-likeness (QED) is 0.799. The van der Waals surface area contributed by atoms with E-state index in [-0.39, 0.29) is 18.0 Å². The van der Waals surface area contributed by atoms with Crippen LogP contribution in [0.4, 0.5) is 8.78 Å². The maximum absolute atomic E-state index is 12.4. The highest BCUT2D eigenvalue weighted by atomic mass is 79.9. The van der Waals surface area contributed by atoms with E-state index in [1.165, 1.54) is 6.07 Å². The van der Waals surface area contributed by atoms with Gasteiger partial charge < -0.3 is 0 Å². The summed E-state index contributed by atoms with van der Waals surface area (Å²) >= 11 is 8.70. The number of aromatic nitrogens is 1. The molecular weight excluding hydrogens is 289 g/mol. The van der Waals surface area contributed by atoms with Gasteiger partial charge in [-0.15, -0.1) is 11.6 Å². The predicted octanol–water partition coefficient (Wildman–Crippen LogP) is 3.59. The fourth-order valence-electron chi connectivity index (χ4n) is 1.10. The third-order valence-corrected chi connectivity index (χ3v) is 2.74. The van der Waals surface area contributed by atoms with E-state index < -0.39 is 6.43 Å². The van der Waals surface area contributed by atoms with Crippen molar-refractivity contribution in [3.8, 4) is 6.07 Å². The summed E-state index contributed by atoms with van der Waals surface area (Å²) in [5.74, 6) is 0.0101. The molecule has 0 aliphatic carbocycles. The molecule has 0 atom stereocenters. The fourth-order valence-corrected chi connectivity index (χ4v) is 1.92. The second kappa shape index (κ2) is 5.38. The number of nitrogens with zero attached hydrogens (tertiary/aromatic N) is 2. The van der Waals surface area contributed by atoms with Gasteiger partial charge in [0, 0.05) is 10.0 Å². The standard InChI is InChI=1S/C9H6BrClF2N2/c10-6-3-7(9(12)13)15-8(4-11)5(6)1-2-14/h3,9H,1,4H2. The van der Waals surface area contributed by atoms with Crippen molar-refractivity contribution < 1.29 is 8.78 Å². The summed E-state index contributed by atoms with van der Waals surface area (Å²) in [6.45, 7) is 0. The van der Waals surface area contributed by atoms with Crippen LogP contribution in [-0.2, 0) is 12.3 Å². The summed E-state index contributed by atoms with van der Waals surface area (Å²) in [6.07, 6.45) is -2.54. The molecular formula is C9H6BrClF2N2. The van der Waals surface area contributed by atoms with Crippen LogP contribution < -0.4 is 0 Å². The zero-order valence-corrected chi connectivity index (χ0v) is 9.82. The van der Waals surface area contributed by atoms with Crippen molar-refractivity contribution in [3.63, 3.8) is 0 Å². The molecule has 80 valence electrons. The Bertz CT molecular complexity index is 404. The highest BCUT2D eigenvalue weighted by Crippen LogP contribution is 2.27. The molecule has 1 heterocycles. The molecule has 0 unspecified atom stereocenters. The molecule has 0 saturated carbocycles. The third-order valence-electron chi connectivity index (χ3n) is 1.78. The van der Waals surface area contributed by atoms with E-state index in [0.29, 0.717) is 15.7 Å². The molecule has 0 aliphatic heterocycles. The van der Waals surface area contributed by atoms with Crippen LogP contribution >= 0.6 is 27.5 Å². The number of alkyl halides is 3. The van der Waals surface area contributed by atoms with Gasteiger partial charge in [-0.1, -0.05) is 15.9 Å². The van der Waals surface area contributed by atoms with E-state index in [1.807, 2.05) is 6.07 Å². The molecule has 2 nitrogen and oxygen atoms in total. The molecule has 0 fully saturated rings. The van der Waals surface area contributed by atoms with Crippen molar-refractivity contribution in [2.75, 3.05) is 0 Å². The molecule has 0 aliphatic rings. The second-order valence-electron chi connectivity index (χ2n) is 2.72. The van der Waals surface area contributed by atoms with E-state index in [4.69, 9.17) is 16.9 Å². The van der Waals surface area contributed by atoms with Gasteiger partial charge in [-0.05, 0) is 6.07 Å². The first-order valence-corrected chi connectivity index (χ1v) is 5.32. The van der Waals surface area contributed by atoms with Crippen molar-refractivity contribution in [1.82, 2.24) is 4.98 Å². The molecule has 0 radical (unpaired) electrons. The third kappa shape index (κ3) is 2.86. The Morgan fingerprint density at radius 1 is 1.60 bits per heavy atom. The molecule has 15 heavy (non-hydrogen) atoms. The SMILES string of the molecule is N#CCc1c(Br)cc(C(F)F)nc1CCl. The summed E-state index contributed by atoms with van der Waals surface area (Å²) in [5.41, 5.74) is 0.555. The minimum atomic E-state index is -2.64. The van der Waals surface area contributed by atoms with E-state index in [2.05, 4.69) is 20.9 Å². The van der Waals surface area contributed by atoms with E-state index in [9.17, 15) is 8.78 Å². The average molecular weight is 296 g/mol. The lowest BCUT2D eigenvalue weighted by Gasteiger charge is -2.08. The number of nitriles is 1. The Labute approximate surface area is 99.0 Å². The molecule has 0 N–H and O–H groups in total. The average Bonchev–Trinajstić information content (AvgIpc) is 2.20. The van der Waals surface area contributed by atoms with Gasteiger partial charge in [0.25, 0.3) is 6.43 Å². The molecule has 0 bridgehead atoms. The number of rotatable bonds is 3. The van der Waals surface area contributed by atoms with Crippen LogP contribution in [0.3, 0.4) is 0 Å². The van der Waals surface area contributed by atoms with Crippen LogP contribution in [0, 0.1) is 11.3 Å². The zero-order valence-electron chi connectivity index (χ0n) is 7.48. The Balaban J connectivity index is 3.25. The summed E-state index contributed by atoms with van der Waals surface area (Å²) in [7, 11) is 0. The Hall–Kier alpha value is -0.730. The Morgan fingerprint density at radius 2 is 2.27 bits per heavy atom. The van der Waals surface area contributed by atoms with Crippen LogP contribution in [0.2, 0.25) is 0 Å². The smallest absolute Gasteiger partial charge is 0.250 e. The largest absolute Gasteiger partial charge is 0.280 e. The normalized spacial score (nSPS) is 10.4. The van der Waals surface area contributed by atoms with Gasteiger partial charge in [-0.2, -0.15) is 5.26 Å². The van der Waals surface area contributed by atoms with Crippen molar-refractivity contribution in [1.29, 1.82) is 5.26 Å². The van der Waals surface area contributed by atoms with Crippen LogP contribution in [0.15, 0.2) is 10.5 Å². The van der Waals surface area contributed by atoms with E-state index in [1.54, 1.807) is 0 Å². The van der Waals surface area contributed by atoms with Crippen molar-refractivity contribution in [3.05, 3.63) is 27.5 Å². The second-order valence-corrected chi connectivity index (χ2v) is 3.85.